The molecule has 0 bridgehead atoms. The van der Waals surface area contributed by atoms with Crippen molar-refractivity contribution in [2.45, 2.75) is 13.1 Å². The van der Waals surface area contributed by atoms with Gasteiger partial charge in [0.05, 0.1) is 18.9 Å². The molecule has 0 fully saturated rings. The molecule has 0 aromatic carbocycles. The Kier molecular flexibility index (Phi) is 2.44. The van der Waals surface area contributed by atoms with Gasteiger partial charge in [0.25, 0.3) is 0 Å². The zero-order valence-electron chi connectivity index (χ0n) is 9.74. The Labute approximate surface area is 104 Å². The second-order valence-electron chi connectivity index (χ2n) is 4.13. The van der Waals surface area contributed by atoms with Gasteiger partial charge in [-0.05, 0) is 0 Å². The van der Waals surface area contributed by atoms with E-state index in [2.05, 4.69) is 24.4 Å². The van der Waals surface area contributed by atoms with Crippen molar-refractivity contribution in [3.8, 4) is 0 Å². The first-order chi connectivity index (χ1) is 8.74. The van der Waals surface area contributed by atoms with Gasteiger partial charge in [-0.25, -0.2) is 15.0 Å². The van der Waals surface area contributed by atoms with E-state index in [1.165, 1.54) is 6.20 Å². The van der Waals surface area contributed by atoms with Crippen LogP contribution in [0.1, 0.15) is 11.5 Å². The molecule has 3 N–H and O–H groups in total. The maximum atomic E-state index is 7.27. The summed E-state index contributed by atoms with van der Waals surface area (Å²) in [5.41, 5.74) is 5.75. The normalized spacial score (nSPS) is 14.3. The SMILES string of the molecule is N=C(N)c1cnc(N2CCn3ccnc3C2)cn1. The minimum absolute atomic E-state index is 0.0664. The van der Waals surface area contributed by atoms with Gasteiger partial charge in [0.1, 0.15) is 23.2 Å². The average Bonchev–Trinajstić information content (AvgIpc) is 2.86. The van der Waals surface area contributed by atoms with Gasteiger partial charge >= 0.3 is 0 Å². The number of hydrogen-bond donors (Lipinski definition) is 2. The molecule has 1 aliphatic heterocycles. The number of imidazole rings is 1. The van der Waals surface area contributed by atoms with Gasteiger partial charge in [-0.1, -0.05) is 0 Å². The molecule has 0 atom stereocenters. The third kappa shape index (κ3) is 1.79. The van der Waals surface area contributed by atoms with Crippen molar-refractivity contribution in [1.82, 2.24) is 19.5 Å². The summed E-state index contributed by atoms with van der Waals surface area (Å²) in [6.45, 7) is 2.49. The van der Waals surface area contributed by atoms with Crippen LogP contribution in [0.5, 0.6) is 0 Å². The summed E-state index contributed by atoms with van der Waals surface area (Å²) < 4.78 is 2.13. The van der Waals surface area contributed by atoms with E-state index >= 15 is 0 Å². The molecule has 3 heterocycles. The number of fused-ring (bicyclic) bond motifs is 1. The molecule has 0 unspecified atom stereocenters. The first-order valence-corrected chi connectivity index (χ1v) is 5.65. The number of rotatable bonds is 2. The molecule has 0 radical (unpaired) electrons. The Morgan fingerprint density at radius 1 is 1.22 bits per heavy atom. The van der Waals surface area contributed by atoms with E-state index in [-0.39, 0.29) is 5.84 Å². The fourth-order valence-electron chi connectivity index (χ4n) is 1.99. The highest BCUT2D eigenvalue weighted by Gasteiger charge is 2.18. The second-order valence-corrected chi connectivity index (χ2v) is 4.13. The van der Waals surface area contributed by atoms with Gasteiger partial charge in [0.2, 0.25) is 0 Å². The molecule has 0 saturated carbocycles. The minimum Gasteiger partial charge on any atom is -0.382 e. The van der Waals surface area contributed by atoms with Crippen molar-refractivity contribution in [2.24, 2.45) is 5.73 Å². The summed E-state index contributed by atoms with van der Waals surface area (Å²) in [7, 11) is 0. The van der Waals surface area contributed by atoms with Crippen molar-refractivity contribution in [3.05, 3.63) is 36.3 Å². The molecule has 18 heavy (non-hydrogen) atoms. The smallest absolute Gasteiger partial charge is 0.147 e. The second kappa shape index (κ2) is 4.10. The van der Waals surface area contributed by atoms with Crippen LogP contribution in [0, 0.1) is 5.41 Å². The number of nitrogens with zero attached hydrogens (tertiary/aromatic N) is 5. The van der Waals surface area contributed by atoms with Crippen LogP contribution in [-0.4, -0.2) is 31.9 Å². The molecule has 0 spiro atoms. The van der Waals surface area contributed by atoms with E-state index in [1.54, 1.807) is 6.20 Å². The summed E-state index contributed by atoms with van der Waals surface area (Å²) in [5, 5.41) is 7.27. The van der Waals surface area contributed by atoms with Crippen LogP contribution in [0.15, 0.2) is 24.8 Å². The fraction of sp³-hybridized carbons (Fsp3) is 0.273. The van der Waals surface area contributed by atoms with Crippen LogP contribution in [-0.2, 0) is 13.1 Å². The highest BCUT2D eigenvalue weighted by atomic mass is 15.3. The number of nitrogens with two attached hydrogens (primary N) is 1. The molecule has 2 aromatic heterocycles. The predicted molar refractivity (Wildman–Crippen MR) is 66.3 cm³/mol. The van der Waals surface area contributed by atoms with E-state index in [9.17, 15) is 0 Å². The number of amidine groups is 1. The molecule has 7 nitrogen and oxygen atoms in total. The van der Waals surface area contributed by atoms with Crippen LogP contribution in [0.2, 0.25) is 0 Å². The van der Waals surface area contributed by atoms with Crippen LogP contribution in [0.3, 0.4) is 0 Å². The molecule has 0 aliphatic carbocycles. The van der Waals surface area contributed by atoms with Gasteiger partial charge < -0.3 is 15.2 Å². The van der Waals surface area contributed by atoms with E-state index in [0.29, 0.717) is 5.69 Å². The fourth-order valence-corrected chi connectivity index (χ4v) is 1.99. The zero-order valence-corrected chi connectivity index (χ0v) is 9.74. The third-order valence-electron chi connectivity index (χ3n) is 2.98. The largest absolute Gasteiger partial charge is 0.382 e. The van der Waals surface area contributed by atoms with Crippen molar-refractivity contribution in [1.29, 1.82) is 5.41 Å². The molecule has 92 valence electrons. The van der Waals surface area contributed by atoms with Gasteiger partial charge in [-0.2, -0.15) is 0 Å². The van der Waals surface area contributed by atoms with Crippen molar-refractivity contribution in [3.63, 3.8) is 0 Å². The Morgan fingerprint density at radius 2 is 2.11 bits per heavy atom. The third-order valence-corrected chi connectivity index (χ3v) is 2.98. The van der Waals surface area contributed by atoms with Gasteiger partial charge in [-0.3, -0.25) is 5.41 Å². The lowest BCUT2D eigenvalue weighted by molar-refractivity contribution is 0.555. The summed E-state index contributed by atoms with van der Waals surface area (Å²) in [6.07, 6.45) is 6.97. The molecule has 7 heteroatoms. The molecule has 0 amide bonds. The number of aromatic nitrogens is 4. The molecule has 0 saturated heterocycles. The quantitative estimate of drug-likeness (QED) is 0.570. The average molecular weight is 243 g/mol. The van der Waals surface area contributed by atoms with Crippen LogP contribution < -0.4 is 10.6 Å². The van der Waals surface area contributed by atoms with Crippen molar-refractivity contribution < 1.29 is 0 Å². The van der Waals surface area contributed by atoms with Gasteiger partial charge in [-0.15, -0.1) is 0 Å². The first kappa shape index (κ1) is 10.7. The summed E-state index contributed by atoms with van der Waals surface area (Å²) in [4.78, 5) is 14.8. The molecular formula is C11H13N7. The van der Waals surface area contributed by atoms with Crippen molar-refractivity contribution in [2.75, 3.05) is 11.4 Å². The predicted octanol–water partition coefficient (Wildman–Crippen LogP) is -0.0226. The van der Waals surface area contributed by atoms with Crippen LogP contribution in [0.25, 0.3) is 0 Å². The van der Waals surface area contributed by atoms with E-state index < -0.39 is 0 Å². The summed E-state index contributed by atoms with van der Waals surface area (Å²) in [5.74, 6) is 1.75. The Bertz CT molecular complexity index is 571. The summed E-state index contributed by atoms with van der Waals surface area (Å²) in [6, 6.07) is 0. The Hall–Kier alpha value is -2.44. The molecular weight excluding hydrogens is 230 g/mol. The van der Waals surface area contributed by atoms with Gasteiger partial charge in [0, 0.05) is 25.5 Å². The highest BCUT2D eigenvalue weighted by Crippen LogP contribution is 2.16. The molecule has 1 aliphatic rings. The van der Waals surface area contributed by atoms with E-state index in [0.717, 1.165) is 31.3 Å². The van der Waals surface area contributed by atoms with E-state index in [4.69, 9.17) is 11.1 Å². The standard InChI is InChI=1S/C11H13N7/c12-11(13)8-5-16-9(6-15-8)18-4-3-17-2-1-14-10(17)7-18/h1-2,5-6H,3-4,7H2,(H3,12,13). The number of anilines is 1. The molecule has 2 aromatic rings. The lowest BCUT2D eigenvalue weighted by Crippen LogP contribution is -2.34. The lowest BCUT2D eigenvalue weighted by atomic mass is 10.3. The maximum Gasteiger partial charge on any atom is 0.147 e. The first-order valence-electron chi connectivity index (χ1n) is 5.65. The highest BCUT2D eigenvalue weighted by molar-refractivity contribution is 5.92. The summed E-state index contributed by atoms with van der Waals surface area (Å²) >= 11 is 0. The van der Waals surface area contributed by atoms with Crippen LogP contribution in [0.4, 0.5) is 5.82 Å². The number of nitrogens with one attached hydrogen (secondary N) is 1. The Balaban J connectivity index is 1.82. The monoisotopic (exact) mass is 243 g/mol. The van der Waals surface area contributed by atoms with E-state index in [1.807, 2.05) is 12.4 Å². The number of hydrogen-bond acceptors (Lipinski definition) is 5. The maximum absolute atomic E-state index is 7.27. The minimum atomic E-state index is -0.0664. The molecule has 3 rings (SSSR count). The van der Waals surface area contributed by atoms with Crippen LogP contribution >= 0.6 is 0 Å². The van der Waals surface area contributed by atoms with Crippen molar-refractivity contribution >= 4 is 11.7 Å². The topological polar surface area (TPSA) is 96.7 Å². The van der Waals surface area contributed by atoms with Gasteiger partial charge in [0.15, 0.2) is 0 Å². The lowest BCUT2D eigenvalue weighted by Gasteiger charge is -2.28. The zero-order chi connectivity index (χ0) is 12.5. The Morgan fingerprint density at radius 3 is 2.83 bits per heavy atom. The number of nitrogen functional groups attached to an aromatic ring is 1.